The lowest BCUT2D eigenvalue weighted by atomic mass is 10.4. The molecule has 0 aliphatic heterocycles. The zero-order valence-corrected chi connectivity index (χ0v) is 9.25. The van der Waals surface area contributed by atoms with Gasteiger partial charge in [0.2, 0.25) is 0 Å². The number of aromatic carboxylic acids is 1. The third-order valence-corrected chi connectivity index (χ3v) is 2.93. The number of hydrogen-bond acceptors (Lipinski definition) is 4. The number of rotatable bonds is 5. The van der Waals surface area contributed by atoms with Crippen molar-refractivity contribution in [3.8, 4) is 12.3 Å². The summed E-state index contributed by atoms with van der Waals surface area (Å²) in [6.45, 7) is 3.46. The molecule has 0 aromatic carbocycles. The Morgan fingerprint density at radius 3 is 3.00 bits per heavy atom. The molecule has 0 aliphatic carbocycles. The molecule has 0 spiro atoms. The zero-order valence-electron chi connectivity index (χ0n) is 8.43. The Morgan fingerprint density at radius 1 is 1.80 bits per heavy atom. The fourth-order valence-electron chi connectivity index (χ4n) is 1.10. The van der Waals surface area contributed by atoms with Crippen molar-refractivity contribution in [1.29, 1.82) is 0 Å². The largest absolute Gasteiger partial charge is 0.477 e. The Bertz CT molecular complexity index is 381. The highest BCUT2D eigenvalue weighted by Gasteiger charge is 2.12. The van der Waals surface area contributed by atoms with E-state index in [9.17, 15) is 4.79 Å². The third-order valence-electron chi connectivity index (χ3n) is 1.88. The Labute approximate surface area is 92.6 Å². The topological polar surface area (TPSA) is 53.4 Å². The number of aromatic nitrogens is 1. The van der Waals surface area contributed by atoms with Crippen molar-refractivity contribution in [3.05, 3.63) is 11.1 Å². The molecule has 0 bridgehead atoms. The summed E-state index contributed by atoms with van der Waals surface area (Å²) in [6, 6.07) is 0. The van der Waals surface area contributed by atoms with Crippen LogP contribution in [0.15, 0.2) is 6.20 Å². The van der Waals surface area contributed by atoms with E-state index in [1.54, 1.807) is 0 Å². The smallest absolute Gasteiger partial charge is 0.347 e. The first kappa shape index (κ1) is 11.5. The van der Waals surface area contributed by atoms with Crippen molar-refractivity contribution < 1.29 is 9.90 Å². The summed E-state index contributed by atoms with van der Waals surface area (Å²) >= 11 is 1.17. The van der Waals surface area contributed by atoms with Crippen LogP contribution in [-0.2, 0) is 0 Å². The molecule has 0 radical (unpaired) electrons. The summed E-state index contributed by atoms with van der Waals surface area (Å²) in [5.74, 6) is 1.61. The Kier molecular flexibility index (Phi) is 4.13. The Hall–Kier alpha value is -1.54. The number of thiazole rings is 1. The number of carbonyl (C=O) groups is 1. The van der Waals surface area contributed by atoms with Gasteiger partial charge in [0.25, 0.3) is 0 Å². The molecule has 1 N–H and O–H groups in total. The molecule has 1 aromatic heterocycles. The van der Waals surface area contributed by atoms with E-state index >= 15 is 0 Å². The molecule has 1 rings (SSSR count). The van der Waals surface area contributed by atoms with Gasteiger partial charge < -0.3 is 10.0 Å². The second-order valence-corrected chi connectivity index (χ2v) is 3.86. The summed E-state index contributed by atoms with van der Waals surface area (Å²) in [5.41, 5.74) is 0. The quantitative estimate of drug-likeness (QED) is 0.773. The van der Waals surface area contributed by atoms with Crippen LogP contribution in [0.3, 0.4) is 0 Å². The molecule has 1 aromatic rings. The highest BCUT2D eigenvalue weighted by Crippen LogP contribution is 2.22. The summed E-state index contributed by atoms with van der Waals surface area (Å²) in [5, 5.41) is 9.46. The van der Waals surface area contributed by atoms with Gasteiger partial charge in [-0.15, -0.1) is 12.3 Å². The van der Waals surface area contributed by atoms with E-state index in [1.807, 2.05) is 11.8 Å². The van der Waals surface area contributed by atoms with Gasteiger partial charge in [-0.1, -0.05) is 11.3 Å². The maximum atomic E-state index is 10.7. The second kappa shape index (κ2) is 5.37. The van der Waals surface area contributed by atoms with Crippen LogP contribution in [0.2, 0.25) is 0 Å². The van der Waals surface area contributed by atoms with Gasteiger partial charge in [-0.25, -0.2) is 9.78 Å². The SMILES string of the molecule is C#CCCN(CC)c1ncc(C(=O)O)s1. The number of nitrogens with zero attached hydrogens (tertiary/aromatic N) is 2. The normalized spacial score (nSPS) is 9.60. The number of hydrogen-bond donors (Lipinski definition) is 1. The van der Waals surface area contributed by atoms with E-state index < -0.39 is 5.97 Å². The molecule has 0 unspecified atom stereocenters. The first-order valence-electron chi connectivity index (χ1n) is 4.56. The Morgan fingerprint density at radius 2 is 2.53 bits per heavy atom. The first-order chi connectivity index (χ1) is 7.19. The van der Waals surface area contributed by atoms with Crippen molar-refractivity contribution >= 4 is 22.4 Å². The minimum atomic E-state index is -0.938. The minimum Gasteiger partial charge on any atom is -0.477 e. The fraction of sp³-hybridized carbons (Fsp3) is 0.400. The number of terminal acetylenes is 1. The highest BCUT2D eigenvalue weighted by atomic mass is 32.1. The van der Waals surface area contributed by atoms with Crippen LogP contribution < -0.4 is 4.90 Å². The lowest BCUT2D eigenvalue weighted by Gasteiger charge is -2.17. The van der Waals surface area contributed by atoms with E-state index in [0.717, 1.165) is 6.54 Å². The van der Waals surface area contributed by atoms with Crippen LogP contribution in [0, 0.1) is 12.3 Å². The summed E-state index contributed by atoms with van der Waals surface area (Å²) in [7, 11) is 0. The molecule has 0 amide bonds. The highest BCUT2D eigenvalue weighted by molar-refractivity contribution is 7.17. The van der Waals surface area contributed by atoms with Crippen LogP contribution in [0.1, 0.15) is 23.0 Å². The zero-order chi connectivity index (χ0) is 11.3. The Balaban J connectivity index is 2.74. The monoisotopic (exact) mass is 224 g/mol. The molecule has 0 fully saturated rings. The molecule has 0 aliphatic rings. The van der Waals surface area contributed by atoms with Crippen molar-refractivity contribution in [3.63, 3.8) is 0 Å². The third kappa shape index (κ3) is 2.96. The number of carboxylic acid groups (broad SMARTS) is 1. The van der Waals surface area contributed by atoms with Gasteiger partial charge in [-0.05, 0) is 6.92 Å². The molecule has 5 heteroatoms. The van der Waals surface area contributed by atoms with E-state index in [-0.39, 0.29) is 4.88 Å². The van der Waals surface area contributed by atoms with Gasteiger partial charge in [0.1, 0.15) is 4.88 Å². The second-order valence-electron chi connectivity index (χ2n) is 2.85. The number of anilines is 1. The van der Waals surface area contributed by atoms with Crippen LogP contribution in [0.25, 0.3) is 0 Å². The van der Waals surface area contributed by atoms with Gasteiger partial charge in [0, 0.05) is 19.5 Å². The first-order valence-corrected chi connectivity index (χ1v) is 5.38. The molecule has 15 heavy (non-hydrogen) atoms. The predicted molar refractivity (Wildman–Crippen MR) is 60.4 cm³/mol. The lowest BCUT2D eigenvalue weighted by Crippen LogP contribution is -2.23. The van der Waals surface area contributed by atoms with Crippen molar-refractivity contribution in [1.82, 2.24) is 4.98 Å². The van der Waals surface area contributed by atoms with Gasteiger partial charge in [-0.2, -0.15) is 0 Å². The van der Waals surface area contributed by atoms with Gasteiger partial charge >= 0.3 is 5.97 Å². The summed E-state index contributed by atoms with van der Waals surface area (Å²) < 4.78 is 0. The maximum absolute atomic E-state index is 10.7. The average molecular weight is 224 g/mol. The van der Waals surface area contributed by atoms with Crippen molar-refractivity contribution in [2.24, 2.45) is 0 Å². The maximum Gasteiger partial charge on any atom is 0.347 e. The molecular weight excluding hydrogens is 212 g/mol. The molecule has 80 valence electrons. The van der Waals surface area contributed by atoms with Gasteiger partial charge in [0.15, 0.2) is 5.13 Å². The molecule has 4 nitrogen and oxygen atoms in total. The van der Waals surface area contributed by atoms with Crippen LogP contribution >= 0.6 is 11.3 Å². The standard InChI is InChI=1S/C10H12N2O2S/c1-3-5-6-12(4-2)10-11-7-8(15-10)9(13)14/h1,7H,4-6H2,2H3,(H,13,14). The number of carboxylic acids is 1. The molecule has 0 saturated heterocycles. The molecule has 0 saturated carbocycles. The van der Waals surface area contributed by atoms with E-state index in [1.165, 1.54) is 17.5 Å². The van der Waals surface area contributed by atoms with Crippen molar-refractivity contribution in [2.75, 3.05) is 18.0 Å². The minimum absolute atomic E-state index is 0.254. The molecular formula is C10H12N2O2S. The van der Waals surface area contributed by atoms with Crippen LogP contribution in [-0.4, -0.2) is 29.1 Å². The van der Waals surface area contributed by atoms with Crippen LogP contribution in [0.4, 0.5) is 5.13 Å². The van der Waals surface area contributed by atoms with E-state index in [0.29, 0.717) is 18.1 Å². The van der Waals surface area contributed by atoms with E-state index in [4.69, 9.17) is 11.5 Å². The summed E-state index contributed by atoms with van der Waals surface area (Å²) in [6.07, 6.45) is 7.19. The average Bonchev–Trinajstić information content (AvgIpc) is 2.68. The molecule has 1 heterocycles. The molecule has 0 atom stereocenters. The van der Waals surface area contributed by atoms with Crippen molar-refractivity contribution in [2.45, 2.75) is 13.3 Å². The van der Waals surface area contributed by atoms with Crippen LogP contribution in [0.5, 0.6) is 0 Å². The predicted octanol–water partition coefficient (Wildman–Crippen LogP) is 1.69. The van der Waals surface area contributed by atoms with E-state index in [2.05, 4.69) is 10.9 Å². The lowest BCUT2D eigenvalue weighted by molar-refractivity contribution is 0.0702. The summed E-state index contributed by atoms with van der Waals surface area (Å²) in [4.78, 5) is 16.9. The van der Waals surface area contributed by atoms with Gasteiger partial charge in [0.05, 0.1) is 6.20 Å². The fourth-order valence-corrected chi connectivity index (χ4v) is 1.94. The van der Waals surface area contributed by atoms with Gasteiger partial charge in [-0.3, -0.25) is 0 Å².